The fourth-order valence-electron chi connectivity index (χ4n) is 4.04. The number of carboxylic acid groups (broad SMARTS) is 1. The van der Waals surface area contributed by atoms with Gasteiger partial charge in [0.25, 0.3) is 0 Å². The van der Waals surface area contributed by atoms with Crippen molar-refractivity contribution in [2.24, 2.45) is 11.8 Å². The van der Waals surface area contributed by atoms with Crippen LogP contribution < -0.4 is 0 Å². The molecule has 0 saturated heterocycles. The van der Waals surface area contributed by atoms with Gasteiger partial charge in [-0.25, -0.2) is 14.6 Å². The third-order valence-electron chi connectivity index (χ3n) is 5.53. The fraction of sp³-hybridized carbons (Fsp3) is 0.321. The minimum absolute atomic E-state index is 0.355. The Labute approximate surface area is 221 Å². The zero-order valence-electron chi connectivity index (χ0n) is 20.7. The lowest BCUT2D eigenvalue weighted by molar-refractivity contribution is -0.148. The number of carbonyl (C=O) groups is 2. The molecule has 2 N–H and O–H groups in total. The standard InChI is InChI=1S/C28H30Cl2N2O4/c1-17(2)15-23-24(16-18(3)4)32-27(31-23)28(19-5-9-21(29)10-6-19,20-7-11-22(30)12-8-20)36-26(35)14-13-25(33)34/h5-14,17-18H,15-16H2,1-4H3,(H,31,32)(H,33,34)/b14-13-. The second-order valence-corrected chi connectivity index (χ2v) is 10.4. The van der Waals surface area contributed by atoms with Crippen LogP contribution in [-0.4, -0.2) is 27.0 Å². The van der Waals surface area contributed by atoms with E-state index in [1.54, 1.807) is 48.5 Å². The molecule has 0 aliphatic carbocycles. The first kappa shape index (κ1) is 27.5. The van der Waals surface area contributed by atoms with Gasteiger partial charge in [-0.05, 0) is 48.9 Å². The molecule has 1 heterocycles. The molecule has 0 atom stereocenters. The number of hydrogen-bond donors (Lipinski definition) is 2. The highest BCUT2D eigenvalue weighted by atomic mass is 35.5. The molecule has 36 heavy (non-hydrogen) atoms. The highest BCUT2D eigenvalue weighted by Gasteiger charge is 2.44. The van der Waals surface area contributed by atoms with Crippen molar-refractivity contribution < 1.29 is 19.4 Å². The smallest absolute Gasteiger partial charge is 0.332 e. The lowest BCUT2D eigenvalue weighted by Crippen LogP contribution is -2.36. The highest BCUT2D eigenvalue weighted by Crippen LogP contribution is 2.41. The number of nitrogens with zero attached hydrogens (tertiary/aromatic N) is 1. The van der Waals surface area contributed by atoms with Crippen LogP contribution in [0.1, 0.15) is 56.0 Å². The molecule has 6 nitrogen and oxygen atoms in total. The van der Waals surface area contributed by atoms with Crippen LogP contribution in [0.15, 0.2) is 60.7 Å². The van der Waals surface area contributed by atoms with Gasteiger partial charge >= 0.3 is 11.9 Å². The van der Waals surface area contributed by atoms with Crippen molar-refractivity contribution in [3.63, 3.8) is 0 Å². The average molecular weight is 529 g/mol. The number of aromatic nitrogens is 2. The van der Waals surface area contributed by atoms with E-state index in [-0.39, 0.29) is 0 Å². The number of rotatable bonds is 10. The largest absolute Gasteiger partial charge is 0.478 e. The lowest BCUT2D eigenvalue weighted by Gasteiger charge is -2.32. The summed E-state index contributed by atoms with van der Waals surface area (Å²) in [4.78, 5) is 32.5. The molecule has 8 heteroatoms. The molecule has 0 fully saturated rings. The molecule has 1 aromatic heterocycles. The minimum Gasteiger partial charge on any atom is -0.478 e. The summed E-state index contributed by atoms with van der Waals surface area (Å²) in [5.74, 6) is -0.962. The monoisotopic (exact) mass is 528 g/mol. The van der Waals surface area contributed by atoms with E-state index in [0.29, 0.717) is 38.8 Å². The van der Waals surface area contributed by atoms with Crippen molar-refractivity contribution in [1.29, 1.82) is 0 Å². The van der Waals surface area contributed by atoms with Crippen molar-refractivity contribution in [3.8, 4) is 0 Å². The number of nitrogens with one attached hydrogen (secondary N) is 1. The first-order valence-corrected chi connectivity index (χ1v) is 12.5. The van der Waals surface area contributed by atoms with Crippen molar-refractivity contribution in [2.75, 3.05) is 0 Å². The molecule has 0 spiro atoms. The second-order valence-electron chi connectivity index (χ2n) is 9.49. The summed E-state index contributed by atoms with van der Waals surface area (Å²) in [6.45, 7) is 8.50. The molecule has 0 amide bonds. The number of carboxylic acids is 1. The number of aromatic amines is 1. The second kappa shape index (κ2) is 11.8. The maximum atomic E-state index is 13.0. The van der Waals surface area contributed by atoms with E-state index in [1.165, 1.54) is 0 Å². The summed E-state index contributed by atoms with van der Waals surface area (Å²) < 4.78 is 6.14. The Morgan fingerprint density at radius 3 is 1.86 bits per heavy atom. The summed E-state index contributed by atoms with van der Waals surface area (Å²) in [7, 11) is 0. The van der Waals surface area contributed by atoms with Crippen molar-refractivity contribution in [1.82, 2.24) is 9.97 Å². The maximum Gasteiger partial charge on any atom is 0.332 e. The Morgan fingerprint density at radius 2 is 1.42 bits per heavy atom. The molecular formula is C28H30Cl2N2O4. The first-order chi connectivity index (χ1) is 17.0. The van der Waals surface area contributed by atoms with Crippen LogP contribution in [0.25, 0.3) is 0 Å². The number of halogens is 2. The van der Waals surface area contributed by atoms with Gasteiger partial charge in [0.05, 0.1) is 5.69 Å². The van der Waals surface area contributed by atoms with Crippen LogP contribution in [0.4, 0.5) is 0 Å². The van der Waals surface area contributed by atoms with Gasteiger partial charge in [0.2, 0.25) is 5.60 Å². The molecule has 3 rings (SSSR count). The fourth-order valence-corrected chi connectivity index (χ4v) is 4.30. The zero-order valence-corrected chi connectivity index (χ0v) is 22.2. The molecule has 0 aliphatic heterocycles. The van der Waals surface area contributed by atoms with E-state index >= 15 is 0 Å². The van der Waals surface area contributed by atoms with Gasteiger partial charge in [-0.1, -0.05) is 75.2 Å². The van der Waals surface area contributed by atoms with Gasteiger partial charge in [0, 0.05) is 39.0 Å². The number of carbonyl (C=O) groups excluding carboxylic acids is 1. The Hall–Kier alpha value is -3.09. The lowest BCUT2D eigenvalue weighted by atomic mass is 9.85. The number of aliphatic carboxylic acids is 1. The molecule has 3 aromatic rings. The Kier molecular flexibility index (Phi) is 8.98. The molecule has 0 bridgehead atoms. The van der Waals surface area contributed by atoms with Crippen LogP contribution in [0.2, 0.25) is 10.0 Å². The number of hydrogen-bond acceptors (Lipinski definition) is 4. The topological polar surface area (TPSA) is 92.3 Å². The van der Waals surface area contributed by atoms with Crippen molar-refractivity contribution in [3.05, 3.63) is 99.1 Å². The number of imidazole rings is 1. The van der Waals surface area contributed by atoms with Crippen LogP contribution >= 0.6 is 23.2 Å². The molecule has 0 saturated carbocycles. The van der Waals surface area contributed by atoms with Crippen LogP contribution in [0, 0.1) is 11.8 Å². The van der Waals surface area contributed by atoms with E-state index in [0.717, 1.165) is 36.4 Å². The Morgan fingerprint density at radius 1 is 0.917 bits per heavy atom. The van der Waals surface area contributed by atoms with Gasteiger partial charge in [0.1, 0.15) is 0 Å². The summed E-state index contributed by atoms with van der Waals surface area (Å²) >= 11 is 12.4. The summed E-state index contributed by atoms with van der Waals surface area (Å²) in [5.41, 5.74) is 1.53. The molecular weight excluding hydrogens is 499 g/mol. The van der Waals surface area contributed by atoms with Crippen molar-refractivity contribution >= 4 is 35.1 Å². The summed E-state index contributed by atoms with van der Waals surface area (Å²) in [6, 6.07) is 13.9. The quantitative estimate of drug-likeness (QED) is 0.228. The van der Waals surface area contributed by atoms with Crippen LogP contribution in [0.5, 0.6) is 0 Å². The maximum absolute atomic E-state index is 13.0. The van der Waals surface area contributed by atoms with Crippen molar-refractivity contribution in [2.45, 2.75) is 46.1 Å². The van der Waals surface area contributed by atoms with Crippen LogP contribution in [0.3, 0.4) is 0 Å². The first-order valence-electron chi connectivity index (χ1n) is 11.8. The summed E-state index contributed by atoms with van der Waals surface area (Å²) in [6.07, 6.45) is 3.13. The van der Waals surface area contributed by atoms with E-state index in [1.807, 2.05) is 0 Å². The van der Waals surface area contributed by atoms with E-state index in [2.05, 4.69) is 32.7 Å². The number of benzene rings is 2. The average Bonchev–Trinajstić information content (AvgIpc) is 3.18. The molecule has 190 valence electrons. The minimum atomic E-state index is -1.52. The van der Waals surface area contributed by atoms with E-state index in [4.69, 9.17) is 38.0 Å². The Balaban J connectivity index is 2.33. The van der Waals surface area contributed by atoms with E-state index < -0.39 is 17.5 Å². The van der Waals surface area contributed by atoms with Gasteiger partial charge < -0.3 is 14.8 Å². The number of ether oxygens (including phenoxy) is 1. The molecule has 0 aliphatic rings. The number of esters is 1. The SMILES string of the molecule is CC(C)Cc1nc(C(OC(=O)/C=C\C(=O)O)(c2ccc(Cl)cc2)c2ccc(Cl)cc2)[nH]c1CC(C)C. The summed E-state index contributed by atoms with van der Waals surface area (Å²) in [5, 5.41) is 10.1. The van der Waals surface area contributed by atoms with Gasteiger partial charge in [-0.15, -0.1) is 0 Å². The van der Waals surface area contributed by atoms with Gasteiger partial charge in [0.15, 0.2) is 5.82 Å². The molecule has 0 unspecified atom stereocenters. The highest BCUT2D eigenvalue weighted by molar-refractivity contribution is 6.30. The third kappa shape index (κ3) is 6.56. The predicted molar refractivity (Wildman–Crippen MR) is 141 cm³/mol. The predicted octanol–water partition coefficient (Wildman–Crippen LogP) is 6.59. The van der Waals surface area contributed by atoms with Crippen LogP contribution in [-0.2, 0) is 32.8 Å². The third-order valence-corrected chi connectivity index (χ3v) is 6.03. The van der Waals surface area contributed by atoms with Gasteiger partial charge in [-0.2, -0.15) is 0 Å². The zero-order chi connectivity index (χ0) is 26.5. The van der Waals surface area contributed by atoms with E-state index in [9.17, 15) is 9.59 Å². The molecule has 2 aromatic carbocycles. The van der Waals surface area contributed by atoms with Gasteiger partial charge in [-0.3, -0.25) is 0 Å². The normalized spacial score (nSPS) is 12.0. The Bertz CT molecular complexity index is 1160. The number of H-pyrrole nitrogens is 1. The molecule has 0 radical (unpaired) electrons.